The maximum absolute atomic E-state index is 12.7. The number of nitrogens with zero attached hydrogens (tertiary/aromatic N) is 5. The van der Waals surface area contributed by atoms with Crippen molar-refractivity contribution in [1.29, 1.82) is 0 Å². The second-order valence-corrected chi connectivity index (χ2v) is 6.44. The number of halogens is 3. The summed E-state index contributed by atoms with van der Waals surface area (Å²) in [4.78, 5) is 18.9. The van der Waals surface area contributed by atoms with E-state index >= 15 is 0 Å². The smallest absolute Gasteiger partial charge is 0.439 e. The van der Waals surface area contributed by atoms with Gasteiger partial charge in [-0.15, -0.1) is 0 Å². The molecule has 0 aliphatic rings. The van der Waals surface area contributed by atoms with Crippen LogP contribution in [-0.4, -0.2) is 24.9 Å². The summed E-state index contributed by atoms with van der Waals surface area (Å²) in [5.41, 5.74) is 13.3. The fourth-order valence-corrected chi connectivity index (χ4v) is 2.65. The molecule has 0 bridgehead atoms. The van der Waals surface area contributed by atoms with Gasteiger partial charge in [0.2, 0.25) is 17.7 Å². The van der Waals surface area contributed by atoms with Crippen molar-refractivity contribution in [2.75, 3.05) is 16.8 Å². The van der Waals surface area contributed by atoms with E-state index in [2.05, 4.69) is 30.2 Å². The first kappa shape index (κ1) is 23.2. The first-order valence-corrected chi connectivity index (χ1v) is 9.08. The molecule has 3 aromatic heterocycles. The Balaban J connectivity index is 0.00000306. The molecule has 3 heterocycles. The molecule has 0 fully saturated rings. The van der Waals surface area contributed by atoms with Crippen molar-refractivity contribution in [2.45, 2.75) is 13.6 Å². The molecule has 0 saturated carbocycles. The summed E-state index contributed by atoms with van der Waals surface area (Å²) in [5, 5.41) is 3.08. The Labute approximate surface area is 186 Å². The molecular formula is C21H19F3N8O. The highest BCUT2D eigenvalue weighted by atomic mass is 19.4. The predicted molar refractivity (Wildman–Crippen MR) is 118 cm³/mol. The van der Waals surface area contributed by atoms with Crippen LogP contribution in [0.5, 0.6) is 11.6 Å². The molecule has 0 amide bonds. The summed E-state index contributed by atoms with van der Waals surface area (Å²) >= 11 is 0. The summed E-state index contributed by atoms with van der Waals surface area (Å²) in [6, 6.07) is 12.8. The van der Waals surface area contributed by atoms with E-state index in [4.69, 9.17) is 16.2 Å². The summed E-state index contributed by atoms with van der Waals surface area (Å²) in [5.74, 6) is -0.332. The molecule has 0 aliphatic heterocycles. The fraction of sp³-hybridized carbons (Fsp3) is 0.0952. The van der Waals surface area contributed by atoms with E-state index in [9.17, 15) is 13.2 Å². The van der Waals surface area contributed by atoms with Gasteiger partial charge in [-0.25, -0.2) is 15.0 Å². The van der Waals surface area contributed by atoms with Crippen molar-refractivity contribution in [3.05, 3.63) is 66.7 Å². The van der Waals surface area contributed by atoms with Crippen LogP contribution in [0.25, 0.3) is 11.3 Å². The number of aromatic nitrogens is 5. The summed E-state index contributed by atoms with van der Waals surface area (Å²) < 4.78 is 43.6. The topological polar surface area (TPSA) is 138 Å². The molecule has 4 rings (SSSR count). The quantitative estimate of drug-likeness (QED) is 0.390. The van der Waals surface area contributed by atoms with Crippen LogP contribution in [-0.2, 0) is 6.18 Å². The van der Waals surface area contributed by atoms with Gasteiger partial charge >= 0.3 is 6.18 Å². The molecule has 33 heavy (non-hydrogen) atoms. The minimum Gasteiger partial charge on any atom is -0.439 e. The van der Waals surface area contributed by atoms with Crippen molar-refractivity contribution in [3.63, 3.8) is 0 Å². The Kier molecular flexibility index (Phi) is 6.56. The second kappa shape index (κ2) is 9.34. The summed E-state index contributed by atoms with van der Waals surface area (Å²) in [6.45, 7) is 0. The Hall–Kier alpha value is -4.48. The van der Waals surface area contributed by atoms with E-state index in [1.807, 2.05) is 0 Å². The van der Waals surface area contributed by atoms with E-state index in [1.54, 1.807) is 48.7 Å². The van der Waals surface area contributed by atoms with Gasteiger partial charge in [-0.05, 0) is 36.4 Å². The number of hydrogen-bond donors (Lipinski definition) is 3. The highest BCUT2D eigenvalue weighted by molar-refractivity contribution is 5.67. The highest BCUT2D eigenvalue weighted by Gasteiger charge is 2.34. The number of benzene rings is 1. The lowest BCUT2D eigenvalue weighted by Gasteiger charge is -2.10. The zero-order valence-electron chi connectivity index (χ0n) is 16.2. The summed E-state index contributed by atoms with van der Waals surface area (Å²) in [7, 11) is 0. The van der Waals surface area contributed by atoms with Gasteiger partial charge in [0.05, 0.1) is 5.69 Å². The maximum Gasteiger partial charge on any atom is 0.451 e. The van der Waals surface area contributed by atoms with Gasteiger partial charge in [0.1, 0.15) is 17.4 Å². The Morgan fingerprint density at radius 2 is 1.64 bits per heavy atom. The van der Waals surface area contributed by atoms with Crippen molar-refractivity contribution in [3.8, 4) is 22.9 Å². The Morgan fingerprint density at radius 1 is 0.879 bits per heavy atom. The van der Waals surface area contributed by atoms with Crippen LogP contribution in [0.1, 0.15) is 13.3 Å². The second-order valence-electron chi connectivity index (χ2n) is 6.44. The summed E-state index contributed by atoms with van der Waals surface area (Å²) in [6.07, 6.45) is -2.10. The molecule has 4 aromatic rings. The van der Waals surface area contributed by atoms with Crippen LogP contribution in [0.15, 0.2) is 60.9 Å². The number of rotatable bonds is 5. The molecule has 9 nitrogen and oxygen atoms in total. The third-order valence-corrected chi connectivity index (χ3v) is 4.06. The van der Waals surface area contributed by atoms with Crippen molar-refractivity contribution < 1.29 is 17.9 Å². The fourth-order valence-electron chi connectivity index (χ4n) is 2.65. The molecule has 0 radical (unpaired) electrons. The van der Waals surface area contributed by atoms with Gasteiger partial charge < -0.3 is 21.5 Å². The number of ether oxygens (including phenoxy) is 1. The molecule has 170 valence electrons. The van der Waals surface area contributed by atoms with Crippen molar-refractivity contribution in [2.24, 2.45) is 0 Å². The van der Waals surface area contributed by atoms with E-state index < -0.39 is 12.0 Å². The minimum absolute atomic E-state index is 0. The van der Waals surface area contributed by atoms with Crippen LogP contribution in [0.4, 0.5) is 36.4 Å². The monoisotopic (exact) mass is 456 g/mol. The van der Waals surface area contributed by atoms with Gasteiger partial charge in [-0.3, -0.25) is 0 Å². The van der Waals surface area contributed by atoms with Gasteiger partial charge in [0.15, 0.2) is 0 Å². The molecule has 0 spiro atoms. The zero-order chi connectivity index (χ0) is 22.7. The maximum atomic E-state index is 12.7. The number of hydrogen-bond acceptors (Lipinski definition) is 9. The number of nitrogens with one attached hydrogen (secondary N) is 1. The number of nitrogens with two attached hydrogens (primary N) is 2. The van der Waals surface area contributed by atoms with Crippen LogP contribution >= 0.6 is 0 Å². The molecular weight excluding hydrogens is 437 g/mol. The van der Waals surface area contributed by atoms with Crippen LogP contribution in [0.3, 0.4) is 0 Å². The zero-order valence-corrected chi connectivity index (χ0v) is 16.2. The first-order chi connectivity index (χ1) is 15.3. The lowest BCUT2D eigenvalue weighted by Crippen LogP contribution is -2.10. The predicted octanol–water partition coefficient (Wildman–Crippen LogP) is 4.68. The van der Waals surface area contributed by atoms with E-state index in [-0.39, 0.29) is 19.3 Å². The van der Waals surface area contributed by atoms with E-state index in [0.717, 1.165) is 6.20 Å². The standard InChI is InChI=1S/C20H15F3N8O.CH4/c21-20(22,23)18-26-8-7-17(31-18)32-13-4-2-12(3-5-13)28-16-9-14(29-19(25)30-16)11-1-6-15(24)27-10-11;/h1-10H,(H2,24,27)(H3,25,28,29,30);1H4. The van der Waals surface area contributed by atoms with Crippen molar-refractivity contribution >= 4 is 23.3 Å². The van der Waals surface area contributed by atoms with Crippen molar-refractivity contribution in [1.82, 2.24) is 24.9 Å². The first-order valence-electron chi connectivity index (χ1n) is 9.08. The normalized spacial score (nSPS) is 10.9. The van der Waals surface area contributed by atoms with Gasteiger partial charge in [0.25, 0.3) is 0 Å². The van der Waals surface area contributed by atoms with Gasteiger partial charge in [0, 0.05) is 35.8 Å². The molecule has 1 aromatic carbocycles. The van der Waals surface area contributed by atoms with E-state index in [1.165, 1.54) is 6.07 Å². The Morgan fingerprint density at radius 3 is 2.30 bits per heavy atom. The highest BCUT2D eigenvalue weighted by Crippen LogP contribution is 2.29. The van der Waals surface area contributed by atoms with Crippen LogP contribution < -0.4 is 21.5 Å². The molecule has 12 heteroatoms. The molecule has 5 N–H and O–H groups in total. The molecule has 0 atom stereocenters. The molecule has 0 aliphatic carbocycles. The number of nitrogen functional groups attached to an aromatic ring is 2. The minimum atomic E-state index is -4.66. The average molecular weight is 456 g/mol. The van der Waals surface area contributed by atoms with Crippen LogP contribution in [0.2, 0.25) is 0 Å². The van der Waals surface area contributed by atoms with Crippen LogP contribution in [0, 0.1) is 0 Å². The SMILES string of the molecule is C.Nc1ccc(-c2cc(Nc3ccc(Oc4ccnc(C(F)(F)F)n4)cc3)nc(N)n2)cn1. The van der Waals surface area contributed by atoms with Gasteiger partial charge in [-0.1, -0.05) is 7.43 Å². The van der Waals surface area contributed by atoms with E-state index in [0.29, 0.717) is 34.3 Å². The third-order valence-electron chi connectivity index (χ3n) is 4.06. The lowest BCUT2D eigenvalue weighted by molar-refractivity contribution is -0.145. The molecule has 0 saturated heterocycles. The average Bonchev–Trinajstić information content (AvgIpc) is 2.75. The molecule has 0 unspecified atom stereocenters. The number of alkyl halides is 3. The number of pyridine rings is 1. The third kappa shape index (κ3) is 5.81. The Bertz CT molecular complexity index is 1230. The van der Waals surface area contributed by atoms with Gasteiger partial charge in [-0.2, -0.15) is 23.1 Å². The lowest BCUT2D eigenvalue weighted by atomic mass is 10.2. The largest absolute Gasteiger partial charge is 0.451 e. The number of anilines is 4.